The summed E-state index contributed by atoms with van der Waals surface area (Å²) in [7, 11) is -4.15. The lowest BCUT2D eigenvalue weighted by atomic mass is 10.3. The molecule has 5 nitrogen and oxygen atoms in total. The smallest absolute Gasteiger partial charge is 0.305 e. The van der Waals surface area contributed by atoms with Crippen LogP contribution in [-0.2, 0) is 14.8 Å². The molecule has 0 bridgehead atoms. The zero-order chi connectivity index (χ0) is 17.9. The number of aliphatic carboxylic acids is 1. The van der Waals surface area contributed by atoms with Gasteiger partial charge in [0, 0.05) is 6.54 Å². The molecule has 0 aliphatic heterocycles. The van der Waals surface area contributed by atoms with Crippen molar-refractivity contribution in [2.24, 2.45) is 0 Å². The number of sulfonamides is 1. The molecule has 2 rings (SSSR count). The molecular formula is C15H12Cl2FNO4S. The zero-order valence-corrected chi connectivity index (χ0v) is 14.4. The molecule has 24 heavy (non-hydrogen) atoms. The SMILES string of the molecule is O=C(O)CCN(c1cccc(F)c1)S(=O)(=O)c1ccc(Cl)c(Cl)c1. The van der Waals surface area contributed by atoms with Crippen molar-refractivity contribution in [3.63, 3.8) is 0 Å². The molecule has 128 valence electrons. The van der Waals surface area contributed by atoms with Gasteiger partial charge in [-0.1, -0.05) is 29.3 Å². The van der Waals surface area contributed by atoms with Gasteiger partial charge >= 0.3 is 5.97 Å². The van der Waals surface area contributed by atoms with Gasteiger partial charge in [0.05, 0.1) is 27.0 Å². The summed E-state index contributed by atoms with van der Waals surface area (Å²) < 4.78 is 39.9. The summed E-state index contributed by atoms with van der Waals surface area (Å²) in [6, 6.07) is 8.60. The fourth-order valence-electron chi connectivity index (χ4n) is 1.98. The minimum atomic E-state index is -4.15. The topological polar surface area (TPSA) is 74.7 Å². The van der Waals surface area contributed by atoms with E-state index in [-0.39, 0.29) is 27.2 Å². The predicted molar refractivity (Wildman–Crippen MR) is 89.6 cm³/mol. The largest absolute Gasteiger partial charge is 0.481 e. The number of carbonyl (C=O) groups is 1. The minimum Gasteiger partial charge on any atom is -0.481 e. The molecule has 0 saturated carbocycles. The summed E-state index contributed by atoms with van der Waals surface area (Å²) in [6.07, 6.45) is -0.447. The number of benzene rings is 2. The third kappa shape index (κ3) is 4.17. The normalized spacial score (nSPS) is 11.3. The van der Waals surface area contributed by atoms with Gasteiger partial charge < -0.3 is 5.11 Å². The molecular weight excluding hydrogens is 380 g/mol. The van der Waals surface area contributed by atoms with E-state index in [4.69, 9.17) is 28.3 Å². The number of nitrogens with zero attached hydrogens (tertiary/aromatic N) is 1. The standard InChI is InChI=1S/C15H12Cl2FNO4S/c16-13-5-4-12(9-14(13)17)24(22,23)19(7-6-15(20)21)11-3-1-2-10(18)8-11/h1-5,8-9H,6-7H2,(H,20,21). The Kier molecular flexibility index (Phi) is 5.69. The molecule has 0 spiro atoms. The summed E-state index contributed by atoms with van der Waals surface area (Å²) in [4.78, 5) is 10.7. The molecule has 0 aliphatic carbocycles. The first-order valence-electron chi connectivity index (χ1n) is 6.67. The van der Waals surface area contributed by atoms with Crippen molar-refractivity contribution in [3.05, 3.63) is 58.3 Å². The summed E-state index contributed by atoms with van der Waals surface area (Å²) >= 11 is 11.6. The van der Waals surface area contributed by atoms with E-state index in [1.165, 1.54) is 24.3 Å². The first-order valence-corrected chi connectivity index (χ1v) is 8.86. The number of rotatable bonds is 6. The van der Waals surface area contributed by atoms with E-state index in [0.717, 1.165) is 22.5 Å². The predicted octanol–water partition coefficient (Wildman–Crippen LogP) is 3.80. The molecule has 0 fully saturated rings. The molecule has 2 aromatic rings. The molecule has 0 saturated heterocycles. The van der Waals surface area contributed by atoms with Crippen LogP contribution in [0.4, 0.5) is 10.1 Å². The molecule has 0 unspecified atom stereocenters. The lowest BCUT2D eigenvalue weighted by molar-refractivity contribution is -0.136. The Morgan fingerprint density at radius 1 is 1.12 bits per heavy atom. The summed E-state index contributed by atoms with van der Waals surface area (Å²) in [5.41, 5.74) is 0.0160. The van der Waals surface area contributed by atoms with Crippen molar-refractivity contribution in [1.29, 1.82) is 0 Å². The van der Waals surface area contributed by atoms with Crippen molar-refractivity contribution in [1.82, 2.24) is 0 Å². The quantitative estimate of drug-likeness (QED) is 0.812. The fourth-order valence-corrected chi connectivity index (χ4v) is 3.83. The lowest BCUT2D eigenvalue weighted by Crippen LogP contribution is -2.33. The van der Waals surface area contributed by atoms with Crippen molar-refractivity contribution >= 4 is 44.9 Å². The number of hydrogen-bond donors (Lipinski definition) is 1. The lowest BCUT2D eigenvalue weighted by Gasteiger charge is -2.24. The Hall–Kier alpha value is -1.83. The number of carboxylic acid groups (broad SMARTS) is 1. The second-order valence-corrected chi connectivity index (χ2v) is 7.45. The van der Waals surface area contributed by atoms with Crippen LogP contribution in [0.25, 0.3) is 0 Å². The van der Waals surface area contributed by atoms with Gasteiger partial charge in [-0.2, -0.15) is 0 Å². The maximum Gasteiger partial charge on any atom is 0.305 e. The molecule has 9 heteroatoms. The first kappa shape index (κ1) is 18.5. The van der Waals surface area contributed by atoms with Gasteiger partial charge in [0.1, 0.15) is 5.82 Å². The molecule has 0 aliphatic rings. The Morgan fingerprint density at radius 3 is 2.42 bits per heavy atom. The zero-order valence-electron chi connectivity index (χ0n) is 12.1. The van der Waals surface area contributed by atoms with Crippen LogP contribution in [0.5, 0.6) is 0 Å². The highest BCUT2D eigenvalue weighted by molar-refractivity contribution is 7.92. The van der Waals surface area contributed by atoms with Crippen molar-refractivity contribution in [2.75, 3.05) is 10.8 Å². The summed E-state index contributed by atoms with van der Waals surface area (Å²) in [5, 5.41) is 9.06. The maximum absolute atomic E-state index is 13.5. The number of hydrogen-bond acceptors (Lipinski definition) is 3. The van der Waals surface area contributed by atoms with Crippen LogP contribution in [0.3, 0.4) is 0 Å². The molecule has 0 radical (unpaired) electrons. The molecule has 2 aromatic carbocycles. The van der Waals surface area contributed by atoms with E-state index in [2.05, 4.69) is 0 Å². The Bertz CT molecular complexity index is 874. The molecule has 0 heterocycles. The van der Waals surface area contributed by atoms with Crippen LogP contribution >= 0.6 is 23.2 Å². The molecule has 0 atom stereocenters. The molecule has 0 amide bonds. The number of halogens is 3. The average Bonchev–Trinajstić information content (AvgIpc) is 2.49. The van der Waals surface area contributed by atoms with Gasteiger partial charge in [0.25, 0.3) is 10.0 Å². The van der Waals surface area contributed by atoms with Gasteiger partial charge in [-0.25, -0.2) is 12.8 Å². The summed E-state index contributed by atoms with van der Waals surface area (Å²) in [6.45, 7) is -0.360. The maximum atomic E-state index is 13.5. The molecule has 0 aromatic heterocycles. The second-order valence-electron chi connectivity index (χ2n) is 4.78. The van der Waals surface area contributed by atoms with Crippen molar-refractivity contribution in [3.8, 4) is 0 Å². The Morgan fingerprint density at radius 2 is 1.83 bits per heavy atom. The number of carboxylic acids is 1. The second kappa shape index (κ2) is 7.38. The first-order chi connectivity index (χ1) is 11.2. The average molecular weight is 392 g/mol. The van der Waals surface area contributed by atoms with E-state index < -0.39 is 28.2 Å². The van der Waals surface area contributed by atoms with Crippen LogP contribution in [0.1, 0.15) is 6.42 Å². The van der Waals surface area contributed by atoms with Crippen LogP contribution in [0.2, 0.25) is 10.0 Å². The monoisotopic (exact) mass is 391 g/mol. The van der Waals surface area contributed by atoms with E-state index in [0.29, 0.717) is 0 Å². The van der Waals surface area contributed by atoms with Gasteiger partial charge in [-0.15, -0.1) is 0 Å². The van der Waals surface area contributed by atoms with Gasteiger partial charge in [-0.3, -0.25) is 9.10 Å². The van der Waals surface area contributed by atoms with Crippen molar-refractivity contribution < 1.29 is 22.7 Å². The number of anilines is 1. The van der Waals surface area contributed by atoms with Gasteiger partial charge in [0.15, 0.2) is 0 Å². The van der Waals surface area contributed by atoms with E-state index in [1.54, 1.807) is 0 Å². The molecule has 1 N–H and O–H groups in total. The van der Waals surface area contributed by atoms with Gasteiger partial charge in [-0.05, 0) is 36.4 Å². The Balaban J connectivity index is 2.51. The van der Waals surface area contributed by atoms with Gasteiger partial charge in [0.2, 0.25) is 0 Å². The van der Waals surface area contributed by atoms with E-state index in [9.17, 15) is 17.6 Å². The Labute approximate surface area is 148 Å². The minimum absolute atomic E-state index is 0.0160. The fraction of sp³-hybridized carbons (Fsp3) is 0.133. The highest BCUT2D eigenvalue weighted by Crippen LogP contribution is 2.29. The highest BCUT2D eigenvalue weighted by atomic mass is 35.5. The van der Waals surface area contributed by atoms with Crippen LogP contribution in [0, 0.1) is 5.82 Å². The van der Waals surface area contributed by atoms with Crippen molar-refractivity contribution in [2.45, 2.75) is 11.3 Å². The van der Waals surface area contributed by atoms with E-state index >= 15 is 0 Å². The highest BCUT2D eigenvalue weighted by Gasteiger charge is 2.26. The van der Waals surface area contributed by atoms with E-state index in [1.807, 2.05) is 0 Å². The van der Waals surface area contributed by atoms with Crippen LogP contribution in [0.15, 0.2) is 47.4 Å². The summed E-state index contributed by atoms with van der Waals surface area (Å²) in [5.74, 6) is -1.82. The van der Waals surface area contributed by atoms with Crippen LogP contribution < -0.4 is 4.31 Å². The van der Waals surface area contributed by atoms with Crippen LogP contribution in [-0.4, -0.2) is 26.0 Å². The third-order valence-corrected chi connectivity index (χ3v) is 5.67. The third-order valence-electron chi connectivity index (χ3n) is 3.10.